The predicted octanol–water partition coefficient (Wildman–Crippen LogP) is 5.18. The zero-order chi connectivity index (χ0) is 31.6. The van der Waals surface area contributed by atoms with Crippen LogP contribution >= 0.6 is 0 Å². The SMILES string of the molecule is CCOc1ccc(N(CC(=O)N(Cc2cccc(OC)c2)[C@H](CC)C(=O)NCC(C)C)S(=O)(=O)c2ccc(C)cc2)cc1. The Bertz CT molecular complexity index is 1460. The highest BCUT2D eigenvalue weighted by Crippen LogP contribution is 2.27. The van der Waals surface area contributed by atoms with Gasteiger partial charge in [0.2, 0.25) is 11.8 Å². The molecule has 0 aliphatic heterocycles. The molecule has 3 aromatic carbocycles. The number of rotatable bonds is 15. The number of methoxy groups -OCH3 is 1. The minimum Gasteiger partial charge on any atom is -0.497 e. The van der Waals surface area contributed by atoms with E-state index in [1.54, 1.807) is 55.6 Å². The van der Waals surface area contributed by atoms with Gasteiger partial charge in [0.15, 0.2) is 0 Å². The van der Waals surface area contributed by atoms with E-state index in [1.807, 2.05) is 46.8 Å². The second-order valence-electron chi connectivity index (χ2n) is 10.7. The average molecular weight is 610 g/mol. The molecule has 9 nitrogen and oxygen atoms in total. The Morgan fingerprint density at radius 2 is 1.60 bits per heavy atom. The molecule has 0 unspecified atom stereocenters. The highest BCUT2D eigenvalue weighted by Gasteiger charge is 2.33. The van der Waals surface area contributed by atoms with Crippen LogP contribution in [-0.2, 0) is 26.2 Å². The van der Waals surface area contributed by atoms with Crippen molar-refractivity contribution in [2.24, 2.45) is 5.92 Å². The summed E-state index contributed by atoms with van der Waals surface area (Å²) in [7, 11) is -2.60. The van der Waals surface area contributed by atoms with Crippen LogP contribution in [0.3, 0.4) is 0 Å². The lowest BCUT2D eigenvalue weighted by Crippen LogP contribution is -2.52. The quantitative estimate of drug-likeness (QED) is 0.255. The maximum atomic E-state index is 14.2. The van der Waals surface area contributed by atoms with Crippen LogP contribution in [-0.4, -0.2) is 58.0 Å². The van der Waals surface area contributed by atoms with E-state index in [9.17, 15) is 18.0 Å². The number of amides is 2. The van der Waals surface area contributed by atoms with Gasteiger partial charge < -0.3 is 19.7 Å². The molecular weight excluding hydrogens is 566 g/mol. The predicted molar refractivity (Wildman–Crippen MR) is 169 cm³/mol. The summed E-state index contributed by atoms with van der Waals surface area (Å²) in [6.45, 7) is 10.0. The minimum atomic E-state index is -4.16. The third-order valence-electron chi connectivity index (χ3n) is 6.88. The number of carbonyl (C=O) groups is 2. The molecule has 0 saturated heterocycles. The molecule has 1 N–H and O–H groups in total. The number of ether oxygens (including phenoxy) is 2. The second kappa shape index (κ2) is 15.4. The van der Waals surface area contributed by atoms with Crippen molar-refractivity contribution < 1.29 is 27.5 Å². The number of nitrogens with zero attached hydrogens (tertiary/aromatic N) is 2. The molecule has 1 atom stereocenters. The van der Waals surface area contributed by atoms with Gasteiger partial charge in [-0.15, -0.1) is 0 Å². The summed E-state index contributed by atoms with van der Waals surface area (Å²) in [5.41, 5.74) is 1.96. The van der Waals surface area contributed by atoms with Crippen LogP contribution in [0, 0.1) is 12.8 Å². The monoisotopic (exact) mass is 609 g/mol. The first-order valence-corrected chi connectivity index (χ1v) is 16.0. The van der Waals surface area contributed by atoms with Gasteiger partial charge >= 0.3 is 0 Å². The Hall–Kier alpha value is -4.05. The minimum absolute atomic E-state index is 0.0563. The number of anilines is 1. The topological polar surface area (TPSA) is 105 Å². The van der Waals surface area contributed by atoms with Crippen LogP contribution < -0.4 is 19.1 Å². The Morgan fingerprint density at radius 3 is 2.19 bits per heavy atom. The molecule has 0 bridgehead atoms. The third-order valence-corrected chi connectivity index (χ3v) is 8.67. The lowest BCUT2D eigenvalue weighted by atomic mass is 10.1. The summed E-state index contributed by atoms with van der Waals surface area (Å²) >= 11 is 0. The van der Waals surface area contributed by atoms with E-state index < -0.39 is 28.5 Å². The van der Waals surface area contributed by atoms with E-state index >= 15 is 0 Å². The third kappa shape index (κ3) is 8.97. The van der Waals surface area contributed by atoms with Gasteiger partial charge in [-0.25, -0.2) is 8.42 Å². The van der Waals surface area contributed by atoms with Crippen LogP contribution in [0.15, 0.2) is 77.7 Å². The molecular formula is C33H43N3O6S. The van der Waals surface area contributed by atoms with E-state index in [4.69, 9.17) is 9.47 Å². The van der Waals surface area contributed by atoms with Crippen molar-refractivity contribution in [2.45, 2.75) is 58.5 Å². The zero-order valence-corrected chi connectivity index (χ0v) is 26.7. The molecule has 0 fully saturated rings. The van der Waals surface area contributed by atoms with Crippen LogP contribution in [0.1, 0.15) is 45.2 Å². The molecule has 10 heteroatoms. The summed E-state index contributed by atoms with van der Waals surface area (Å²) in [6.07, 6.45) is 0.341. The molecule has 43 heavy (non-hydrogen) atoms. The summed E-state index contributed by atoms with van der Waals surface area (Å²) < 4.78 is 40.1. The van der Waals surface area contributed by atoms with E-state index in [-0.39, 0.29) is 23.3 Å². The molecule has 0 radical (unpaired) electrons. The molecule has 3 aromatic rings. The number of hydrogen-bond donors (Lipinski definition) is 1. The van der Waals surface area contributed by atoms with Gasteiger partial charge in [-0.1, -0.05) is 50.6 Å². The average Bonchev–Trinajstić information content (AvgIpc) is 2.99. The van der Waals surface area contributed by atoms with Gasteiger partial charge in [-0.2, -0.15) is 0 Å². The largest absolute Gasteiger partial charge is 0.497 e. The molecule has 0 aromatic heterocycles. The maximum Gasteiger partial charge on any atom is 0.264 e. The molecule has 0 heterocycles. The van der Waals surface area contributed by atoms with Gasteiger partial charge in [0.25, 0.3) is 10.0 Å². The fourth-order valence-corrected chi connectivity index (χ4v) is 5.97. The molecule has 0 aliphatic rings. The summed E-state index contributed by atoms with van der Waals surface area (Å²) in [6, 6.07) is 19.5. The van der Waals surface area contributed by atoms with Crippen molar-refractivity contribution in [3.05, 3.63) is 83.9 Å². The van der Waals surface area contributed by atoms with Crippen molar-refractivity contribution >= 4 is 27.5 Å². The molecule has 3 rings (SSSR count). The van der Waals surface area contributed by atoms with E-state index in [1.165, 1.54) is 17.0 Å². The number of nitrogens with one attached hydrogen (secondary N) is 1. The fourth-order valence-electron chi connectivity index (χ4n) is 4.55. The van der Waals surface area contributed by atoms with Crippen LogP contribution in [0.25, 0.3) is 0 Å². The summed E-state index contributed by atoms with van der Waals surface area (Å²) in [5.74, 6) is 0.608. The first-order chi connectivity index (χ1) is 20.5. The first-order valence-electron chi connectivity index (χ1n) is 14.5. The maximum absolute atomic E-state index is 14.2. The van der Waals surface area contributed by atoms with Crippen molar-refractivity contribution in [3.8, 4) is 11.5 Å². The lowest BCUT2D eigenvalue weighted by Gasteiger charge is -2.33. The Morgan fingerprint density at radius 1 is 0.930 bits per heavy atom. The Labute approximate surface area is 255 Å². The van der Waals surface area contributed by atoms with Gasteiger partial charge in [-0.05, 0) is 80.3 Å². The number of benzene rings is 3. The smallest absolute Gasteiger partial charge is 0.264 e. The highest BCUT2D eigenvalue weighted by molar-refractivity contribution is 7.92. The number of hydrogen-bond acceptors (Lipinski definition) is 6. The first kappa shape index (κ1) is 33.5. The molecule has 0 aliphatic carbocycles. The summed E-state index contributed by atoms with van der Waals surface area (Å²) in [5, 5.41) is 2.94. The van der Waals surface area contributed by atoms with Crippen molar-refractivity contribution in [3.63, 3.8) is 0 Å². The zero-order valence-electron chi connectivity index (χ0n) is 25.9. The standard InChI is InChI=1S/C33H43N3O6S/c1-7-31(33(38)34-21-24(3)4)35(22-26-10-9-11-29(20-26)41-6)32(37)23-36(27-14-16-28(17-15-27)42-8-2)43(39,40)30-18-12-25(5)13-19-30/h9-20,24,31H,7-8,21-23H2,1-6H3,(H,34,38)/t31-/m1/s1. The van der Waals surface area contributed by atoms with Gasteiger partial charge in [0, 0.05) is 13.1 Å². The molecule has 0 spiro atoms. The van der Waals surface area contributed by atoms with Crippen LogP contribution in [0.2, 0.25) is 0 Å². The van der Waals surface area contributed by atoms with E-state index in [2.05, 4.69) is 5.32 Å². The van der Waals surface area contributed by atoms with E-state index in [0.717, 1.165) is 15.4 Å². The number of sulfonamides is 1. The summed E-state index contributed by atoms with van der Waals surface area (Å²) in [4.78, 5) is 29.1. The van der Waals surface area contributed by atoms with Gasteiger partial charge in [0.05, 0.1) is 24.3 Å². The normalized spacial score (nSPS) is 12.0. The number of carbonyl (C=O) groups excluding carboxylic acids is 2. The Kier molecular flexibility index (Phi) is 12.0. The Balaban J connectivity index is 2.06. The van der Waals surface area contributed by atoms with Crippen molar-refractivity contribution in [2.75, 3.05) is 31.1 Å². The van der Waals surface area contributed by atoms with Crippen LogP contribution in [0.4, 0.5) is 5.69 Å². The van der Waals surface area contributed by atoms with Gasteiger partial charge in [-0.3, -0.25) is 13.9 Å². The molecule has 2 amide bonds. The second-order valence-corrected chi connectivity index (χ2v) is 12.6. The van der Waals surface area contributed by atoms with Crippen molar-refractivity contribution in [1.82, 2.24) is 10.2 Å². The van der Waals surface area contributed by atoms with E-state index in [0.29, 0.717) is 36.8 Å². The molecule has 232 valence electrons. The van der Waals surface area contributed by atoms with Crippen molar-refractivity contribution in [1.29, 1.82) is 0 Å². The molecule has 0 saturated carbocycles. The van der Waals surface area contributed by atoms with Gasteiger partial charge in [0.1, 0.15) is 24.1 Å². The fraction of sp³-hybridized carbons (Fsp3) is 0.394. The van der Waals surface area contributed by atoms with Crippen LogP contribution in [0.5, 0.6) is 11.5 Å². The highest BCUT2D eigenvalue weighted by atomic mass is 32.2. The lowest BCUT2D eigenvalue weighted by molar-refractivity contribution is -0.140. The number of aryl methyl sites for hydroxylation is 1.